The lowest BCUT2D eigenvalue weighted by atomic mass is 9.97. The first-order valence-corrected chi connectivity index (χ1v) is 8.63. The van der Waals surface area contributed by atoms with Crippen LogP contribution in [0.5, 0.6) is 0 Å². The van der Waals surface area contributed by atoms with E-state index < -0.39 is 10.0 Å². The fourth-order valence-electron chi connectivity index (χ4n) is 2.21. The van der Waals surface area contributed by atoms with Gasteiger partial charge in [0.2, 0.25) is 10.0 Å². The van der Waals surface area contributed by atoms with E-state index in [0.717, 1.165) is 39.0 Å². The Hall–Kier alpha value is -0.170. The van der Waals surface area contributed by atoms with Crippen LogP contribution in [0.3, 0.4) is 0 Å². The second-order valence-corrected chi connectivity index (χ2v) is 6.82. The summed E-state index contributed by atoms with van der Waals surface area (Å²) in [7, 11) is -3.10. The number of sulfonamides is 1. The molecule has 1 fully saturated rings. The lowest BCUT2D eigenvalue weighted by Crippen LogP contribution is -2.40. The van der Waals surface area contributed by atoms with Gasteiger partial charge in [0.25, 0.3) is 0 Å². The first kappa shape index (κ1) is 15.9. The Morgan fingerprint density at radius 2 is 1.89 bits per heavy atom. The summed E-state index contributed by atoms with van der Waals surface area (Å²) >= 11 is 0. The molecule has 0 bridgehead atoms. The highest BCUT2D eigenvalue weighted by Gasteiger charge is 2.19. The van der Waals surface area contributed by atoms with Gasteiger partial charge in [-0.15, -0.1) is 0 Å². The smallest absolute Gasteiger partial charge is 0.212 e. The molecular weight excluding hydrogens is 250 g/mol. The molecule has 0 amide bonds. The summed E-state index contributed by atoms with van der Waals surface area (Å²) in [5, 5.41) is 3.03. The Bertz CT molecular complexity index is 311. The topological polar surface area (TPSA) is 61.4 Å². The average Bonchev–Trinajstić information content (AvgIpc) is 2.37. The highest BCUT2D eigenvalue weighted by molar-refractivity contribution is 7.89. The van der Waals surface area contributed by atoms with Gasteiger partial charge in [-0.2, -0.15) is 0 Å². The Morgan fingerprint density at radius 3 is 2.44 bits per heavy atom. The summed E-state index contributed by atoms with van der Waals surface area (Å²) in [6.45, 7) is 9.38. The van der Waals surface area contributed by atoms with Crippen LogP contribution in [0.25, 0.3) is 0 Å². The maximum Gasteiger partial charge on any atom is 0.212 e. The van der Waals surface area contributed by atoms with E-state index in [1.165, 1.54) is 0 Å². The van der Waals surface area contributed by atoms with Crippen LogP contribution in [-0.2, 0) is 10.0 Å². The molecule has 1 heterocycles. The molecule has 1 aliphatic rings. The number of hydrogen-bond acceptors (Lipinski definition) is 4. The first-order valence-electron chi connectivity index (χ1n) is 6.97. The zero-order valence-corrected chi connectivity index (χ0v) is 12.4. The lowest BCUT2D eigenvalue weighted by Gasteiger charge is -2.30. The molecule has 1 saturated heterocycles. The van der Waals surface area contributed by atoms with Crippen molar-refractivity contribution in [2.75, 3.05) is 45.0 Å². The molecule has 0 radical (unpaired) electrons. The Morgan fingerprint density at radius 1 is 1.22 bits per heavy atom. The van der Waals surface area contributed by atoms with Gasteiger partial charge in [0, 0.05) is 13.1 Å². The molecule has 0 unspecified atom stereocenters. The highest BCUT2D eigenvalue weighted by Crippen LogP contribution is 2.15. The van der Waals surface area contributed by atoms with Crippen molar-refractivity contribution in [3.8, 4) is 0 Å². The standard InChI is InChI=1S/C12H27N3O2S/c1-3-13-7-10-18(16,17)14-11-12-5-8-15(4-2)9-6-12/h12-14H,3-11H2,1-2H3. The number of piperidine rings is 1. The van der Waals surface area contributed by atoms with Crippen molar-refractivity contribution >= 4 is 10.0 Å². The average molecular weight is 277 g/mol. The van der Waals surface area contributed by atoms with E-state index in [1.54, 1.807) is 0 Å². The van der Waals surface area contributed by atoms with Gasteiger partial charge in [-0.05, 0) is 44.9 Å². The number of likely N-dealkylation sites (tertiary alicyclic amines) is 1. The van der Waals surface area contributed by atoms with Crippen molar-refractivity contribution in [3.05, 3.63) is 0 Å². The molecule has 0 saturated carbocycles. The van der Waals surface area contributed by atoms with Crippen LogP contribution in [0.15, 0.2) is 0 Å². The van der Waals surface area contributed by atoms with Crippen LogP contribution in [0.4, 0.5) is 0 Å². The second kappa shape index (κ2) is 8.09. The second-order valence-electron chi connectivity index (χ2n) is 4.90. The number of nitrogens with one attached hydrogen (secondary N) is 2. The van der Waals surface area contributed by atoms with Gasteiger partial charge in [-0.1, -0.05) is 13.8 Å². The van der Waals surface area contributed by atoms with Gasteiger partial charge in [-0.25, -0.2) is 13.1 Å². The molecule has 1 rings (SSSR count). The lowest BCUT2D eigenvalue weighted by molar-refractivity contribution is 0.194. The SMILES string of the molecule is CCNCCS(=O)(=O)NCC1CCN(CC)CC1. The Labute approximate surface area is 111 Å². The Kier molecular flexibility index (Phi) is 7.14. The van der Waals surface area contributed by atoms with Crippen LogP contribution in [0.2, 0.25) is 0 Å². The predicted octanol–water partition coefficient (Wildman–Crippen LogP) is 0.247. The van der Waals surface area contributed by atoms with Crippen LogP contribution >= 0.6 is 0 Å². The quantitative estimate of drug-likeness (QED) is 0.624. The molecular formula is C12H27N3O2S. The normalized spacial score (nSPS) is 19.2. The third-order valence-electron chi connectivity index (χ3n) is 3.54. The van der Waals surface area contributed by atoms with Crippen LogP contribution < -0.4 is 10.0 Å². The molecule has 0 atom stereocenters. The van der Waals surface area contributed by atoms with E-state index in [9.17, 15) is 8.42 Å². The van der Waals surface area contributed by atoms with E-state index in [-0.39, 0.29) is 5.75 Å². The van der Waals surface area contributed by atoms with Crippen LogP contribution in [0.1, 0.15) is 26.7 Å². The van der Waals surface area contributed by atoms with E-state index in [1.807, 2.05) is 6.92 Å². The first-order chi connectivity index (χ1) is 8.57. The number of hydrogen-bond donors (Lipinski definition) is 2. The maximum absolute atomic E-state index is 11.7. The summed E-state index contributed by atoms with van der Waals surface area (Å²) in [6.07, 6.45) is 2.20. The van der Waals surface area contributed by atoms with E-state index in [0.29, 0.717) is 19.0 Å². The monoisotopic (exact) mass is 277 g/mol. The van der Waals surface area contributed by atoms with Crippen molar-refractivity contribution < 1.29 is 8.42 Å². The molecule has 5 nitrogen and oxygen atoms in total. The van der Waals surface area contributed by atoms with Crippen molar-refractivity contribution in [2.24, 2.45) is 5.92 Å². The molecule has 0 aromatic rings. The minimum absolute atomic E-state index is 0.175. The fraction of sp³-hybridized carbons (Fsp3) is 1.00. The van der Waals surface area contributed by atoms with Gasteiger partial charge < -0.3 is 10.2 Å². The van der Waals surface area contributed by atoms with Crippen LogP contribution in [0, 0.1) is 5.92 Å². The van der Waals surface area contributed by atoms with Crippen LogP contribution in [-0.4, -0.2) is 58.3 Å². The summed E-state index contributed by atoms with van der Waals surface area (Å²) < 4.78 is 26.1. The minimum Gasteiger partial charge on any atom is -0.316 e. The molecule has 0 aromatic heterocycles. The van der Waals surface area contributed by atoms with E-state index >= 15 is 0 Å². The minimum atomic E-state index is -3.10. The predicted molar refractivity (Wildman–Crippen MR) is 75.2 cm³/mol. The van der Waals surface area contributed by atoms with Gasteiger partial charge in [0.15, 0.2) is 0 Å². The zero-order valence-electron chi connectivity index (χ0n) is 11.6. The van der Waals surface area contributed by atoms with Gasteiger partial charge in [-0.3, -0.25) is 0 Å². The van der Waals surface area contributed by atoms with Gasteiger partial charge in [0.05, 0.1) is 5.75 Å². The molecule has 0 aliphatic carbocycles. The molecule has 18 heavy (non-hydrogen) atoms. The molecule has 2 N–H and O–H groups in total. The largest absolute Gasteiger partial charge is 0.316 e. The Balaban J connectivity index is 2.20. The number of nitrogens with zero attached hydrogens (tertiary/aromatic N) is 1. The zero-order chi connectivity index (χ0) is 13.4. The van der Waals surface area contributed by atoms with Gasteiger partial charge >= 0.3 is 0 Å². The third-order valence-corrected chi connectivity index (χ3v) is 4.89. The summed E-state index contributed by atoms with van der Waals surface area (Å²) in [6, 6.07) is 0. The van der Waals surface area contributed by atoms with Crippen molar-refractivity contribution in [1.29, 1.82) is 0 Å². The number of rotatable bonds is 8. The maximum atomic E-state index is 11.7. The third kappa shape index (κ3) is 6.13. The van der Waals surface area contributed by atoms with Crippen molar-refractivity contribution in [1.82, 2.24) is 14.9 Å². The van der Waals surface area contributed by atoms with Crippen molar-refractivity contribution in [3.63, 3.8) is 0 Å². The summed E-state index contributed by atoms with van der Waals surface area (Å²) in [4.78, 5) is 2.41. The van der Waals surface area contributed by atoms with E-state index in [4.69, 9.17) is 0 Å². The fourth-order valence-corrected chi connectivity index (χ4v) is 3.25. The van der Waals surface area contributed by atoms with Crippen molar-refractivity contribution in [2.45, 2.75) is 26.7 Å². The van der Waals surface area contributed by atoms with E-state index in [2.05, 4.69) is 21.9 Å². The summed E-state index contributed by atoms with van der Waals surface area (Å²) in [5.41, 5.74) is 0. The molecule has 1 aliphatic heterocycles. The molecule has 0 spiro atoms. The summed E-state index contributed by atoms with van der Waals surface area (Å²) in [5.74, 6) is 0.677. The molecule has 108 valence electrons. The molecule has 0 aromatic carbocycles. The molecule has 6 heteroatoms. The van der Waals surface area contributed by atoms with Gasteiger partial charge in [0.1, 0.15) is 0 Å². The highest BCUT2D eigenvalue weighted by atomic mass is 32.2.